The average Bonchev–Trinajstić information content (AvgIpc) is 2.37. The Morgan fingerprint density at radius 3 is 2.14 bits per heavy atom. The summed E-state index contributed by atoms with van der Waals surface area (Å²) in [5.41, 5.74) is 2.71. The minimum absolute atomic E-state index is 0.0356. The van der Waals surface area contributed by atoms with Crippen LogP contribution in [-0.2, 0) is 13.9 Å². The van der Waals surface area contributed by atoms with Crippen molar-refractivity contribution in [1.29, 1.82) is 0 Å². The van der Waals surface area contributed by atoms with Gasteiger partial charge in [0, 0.05) is 5.69 Å². The van der Waals surface area contributed by atoms with E-state index in [1.807, 2.05) is 45.9 Å². The van der Waals surface area contributed by atoms with Crippen LogP contribution in [0.3, 0.4) is 0 Å². The summed E-state index contributed by atoms with van der Waals surface area (Å²) >= 11 is 0. The van der Waals surface area contributed by atoms with E-state index in [1.54, 1.807) is 6.92 Å². The van der Waals surface area contributed by atoms with Crippen LogP contribution in [0.2, 0.25) is 0 Å². The van der Waals surface area contributed by atoms with Crippen LogP contribution in [0.5, 0.6) is 0 Å². The van der Waals surface area contributed by atoms with Crippen molar-refractivity contribution in [2.45, 2.75) is 46.5 Å². The Hall–Kier alpha value is -1.16. The molecule has 0 bridgehead atoms. The van der Waals surface area contributed by atoms with Crippen molar-refractivity contribution in [2.75, 3.05) is 18.1 Å². The van der Waals surface area contributed by atoms with Crippen LogP contribution in [0, 0.1) is 0 Å². The van der Waals surface area contributed by atoms with Crippen molar-refractivity contribution in [3.63, 3.8) is 0 Å². The van der Waals surface area contributed by atoms with E-state index in [9.17, 15) is 14.3 Å². The first-order valence-electron chi connectivity index (χ1n) is 7.55. The number of amides is 1. The van der Waals surface area contributed by atoms with E-state index in [0.717, 1.165) is 11.1 Å². The number of rotatable bonds is 7. The van der Waals surface area contributed by atoms with E-state index in [0.29, 0.717) is 5.69 Å². The van der Waals surface area contributed by atoms with Gasteiger partial charge in [0.25, 0.3) is 0 Å². The van der Waals surface area contributed by atoms with Gasteiger partial charge in [0.15, 0.2) is 0 Å². The Morgan fingerprint density at radius 1 is 1.23 bits per heavy atom. The van der Waals surface area contributed by atoms with Crippen molar-refractivity contribution in [3.8, 4) is 0 Å². The first kappa shape index (κ1) is 18.9. The number of nitrogens with one attached hydrogen (secondary N) is 1. The quantitative estimate of drug-likeness (QED) is 0.778. The number of benzene rings is 1. The maximum Gasteiger partial charge on any atom is 0.232 e. The van der Waals surface area contributed by atoms with Gasteiger partial charge in [-0.1, -0.05) is 45.9 Å². The van der Waals surface area contributed by atoms with Crippen LogP contribution in [-0.4, -0.2) is 18.7 Å². The van der Waals surface area contributed by atoms with Crippen molar-refractivity contribution in [1.82, 2.24) is 0 Å². The molecule has 0 aliphatic carbocycles. The monoisotopic (exact) mass is 326 g/mol. The van der Waals surface area contributed by atoms with E-state index >= 15 is 0 Å². The fraction of sp³-hybridized carbons (Fsp3) is 0.562. The maximum absolute atomic E-state index is 12.1. The first-order chi connectivity index (χ1) is 10.2. The fourth-order valence-corrected chi connectivity index (χ4v) is 3.21. The Labute approximate surface area is 132 Å². The molecule has 22 heavy (non-hydrogen) atoms. The summed E-state index contributed by atoms with van der Waals surface area (Å²) < 4.78 is 16.2. The van der Waals surface area contributed by atoms with Crippen molar-refractivity contribution >= 4 is 19.2 Å². The zero-order valence-electron chi connectivity index (χ0n) is 13.9. The highest BCUT2D eigenvalue weighted by atomic mass is 31.2. The van der Waals surface area contributed by atoms with Crippen LogP contribution in [0.4, 0.5) is 5.69 Å². The van der Waals surface area contributed by atoms with E-state index in [-0.39, 0.29) is 18.4 Å². The third-order valence-corrected chi connectivity index (χ3v) is 4.63. The molecule has 0 radical (unpaired) electrons. The lowest BCUT2D eigenvalue weighted by Gasteiger charge is -2.24. The molecule has 6 heteroatoms. The molecular weight excluding hydrogens is 301 g/mol. The van der Waals surface area contributed by atoms with Gasteiger partial charge in [0.2, 0.25) is 5.91 Å². The summed E-state index contributed by atoms with van der Waals surface area (Å²) in [4.78, 5) is 23.7. The van der Waals surface area contributed by atoms with Gasteiger partial charge < -0.3 is 19.3 Å². The minimum Gasteiger partial charge on any atom is -0.778 e. The summed E-state index contributed by atoms with van der Waals surface area (Å²) in [7, 11) is -4.13. The zero-order valence-corrected chi connectivity index (χ0v) is 14.8. The maximum atomic E-state index is 12.1. The van der Waals surface area contributed by atoms with E-state index in [2.05, 4.69) is 9.84 Å². The largest absolute Gasteiger partial charge is 0.778 e. The van der Waals surface area contributed by atoms with Crippen LogP contribution < -0.4 is 10.2 Å². The van der Waals surface area contributed by atoms with Crippen LogP contribution in [0.25, 0.3) is 0 Å². The second kappa shape index (κ2) is 7.91. The summed E-state index contributed by atoms with van der Waals surface area (Å²) in [6.45, 7) is 9.75. The minimum atomic E-state index is -4.13. The molecule has 1 N–H and O–H groups in total. The van der Waals surface area contributed by atoms with Crippen LogP contribution in [0.15, 0.2) is 18.2 Å². The van der Waals surface area contributed by atoms with Gasteiger partial charge >= 0.3 is 0 Å². The number of anilines is 1. The fourth-order valence-electron chi connectivity index (χ4n) is 2.29. The first-order valence-corrected chi connectivity index (χ1v) is 9.28. The van der Waals surface area contributed by atoms with E-state index in [4.69, 9.17) is 0 Å². The molecule has 5 nitrogen and oxygen atoms in total. The molecule has 0 aliphatic heterocycles. The lowest BCUT2D eigenvalue weighted by Crippen LogP contribution is -2.23. The SMILES string of the molecule is CCOP(=O)([O-])CC(=O)Nc1c(C(C)C)cccc1C(C)C. The highest BCUT2D eigenvalue weighted by Crippen LogP contribution is 2.37. The molecule has 0 saturated heterocycles. The molecule has 0 saturated carbocycles. The number of hydrogen-bond acceptors (Lipinski definition) is 4. The van der Waals surface area contributed by atoms with Gasteiger partial charge in [-0.15, -0.1) is 0 Å². The Bertz CT molecular complexity index is 543. The second-order valence-corrected chi connectivity index (χ2v) is 7.65. The Kier molecular flexibility index (Phi) is 6.79. The Morgan fingerprint density at radius 2 is 1.73 bits per heavy atom. The van der Waals surface area contributed by atoms with Crippen LogP contribution in [0.1, 0.15) is 57.6 Å². The molecule has 1 aromatic carbocycles. The standard InChI is InChI=1S/C16H26NO4P/c1-6-21-22(19,20)10-15(18)17-16-13(11(2)3)8-7-9-14(16)12(4)5/h7-9,11-12H,6,10H2,1-5H3,(H,17,18)(H,19,20)/p-1. The smallest absolute Gasteiger partial charge is 0.232 e. The van der Waals surface area contributed by atoms with Gasteiger partial charge in [0.1, 0.15) is 7.60 Å². The highest BCUT2D eigenvalue weighted by molar-refractivity contribution is 7.52. The molecule has 124 valence electrons. The van der Waals surface area contributed by atoms with Crippen LogP contribution >= 0.6 is 7.60 Å². The summed E-state index contributed by atoms with van der Waals surface area (Å²) in [6, 6.07) is 5.86. The summed E-state index contributed by atoms with van der Waals surface area (Å²) in [5.74, 6) is -0.123. The molecule has 1 rings (SSSR count). The molecule has 0 aromatic heterocycles. The second-order valence-electron chi connectivity index (χ2n) is 5.86. The summed E-state index contributed by atoms with van der Waals surface area (Å²) in [5, 5.41) is 2.77. The zero-order chi connectivity index (χ0) is 16.9. The van der Waals surface area contributed by atoms with Gasteiger partial charge in [-0.25, -0.2) is 0 Å². The molecule has 0 aliphatic rings. The molecule has 0 spiro atoms. The molecule has 1 amide bonds. The van der Waals surface area contributed by atoms with Crippen molar-refractivity contribution < 1.29 is 18.8 Å². The molecule has 0 fully saturated rings. The predicted octanol–water partition coefficient (Wildman–Crippen LogP) is 3.46. The van der Waals surface area contributed by atoms with Gasteiger partial charge in [-0.3, -0.25) is 4.79 Å². The van der Waals surface area contributed by atoms with Gasteiger partial charge in [-0.2, -0.15) is 0 Å². The number of hydrogen-bond donors (Lipinski definition) is 1. The number of carbonyl (C=O) groups is 1. The topological polar surface area (TPSA) is 78.5 Å². The molecule has 1 unspecified atom stereocenters. The lowest BCUT2D eigenvalue weighted by atomic mass is 9.92. The number of para-hydroxylation sites is 1. The third kappa shape index (κ3) is 5.24. The molecule has 0 heterocycles. The summed E-state index contributed by atoms with van der Waals surface area (Å²) in [6.07, 6.45) is -0.648. The number of carbonyl (C=O) groups excluding carboxylic acids is 1. The van der Waals surface area contributed by atoms with Gasteiger partial charge in [-0.05, 0) is 29.9 Å². The third-order valence-electron chi connectivity index (χ3n) is 3.30. The van der Waals surface area contributed by atoms with E-state index < -0.39 is 19.7 Å². The molecule has 1 atom stereocenters. The van der Waals surface area contributed by atoms with Gasteiger partial charge in [0.05, 0.1) is 12.8 Å². The van der Waals surface area contributed by atoms with E-state index in [1.165, 1.54) is 0 Å². The van der Waals surface area contributed by atoms with Crippen molar-refractivity contribution in [3.05, 3.63) is 29.3 Å². The average molecular weight is 326 g/mol. The molecular formula is C16H25NO4P-. The molecule has 1 aromatic rings. The highest BCUT2D eigenvalue weighted by Gasteiger charge is 2.19. The Balaban J connectivity index is 3.05. The normalized spacial score (nSPS) is 14.2. The lowest BCUT2D eigenvalue weighted by molar-refractivity contribution is -0.197. The predicted molar refractivity (Wildman–Crippen MR) is 87.3 cm³/mol. The van der Waals surface area contributed by atoms with Crippen molar-refractivity contribution in [2.24, 2.45) is 0 Å².